The van der Waals surface area contributed by atoms with Gasteiger partial charge in [-0.2, -0.15) is 0 Å². The molecule has 1 nitrogen and oxygen atoms in total. The van der Waals surface area contributed by atoms with Crippen LogP contribution >= 0.6 is 0 Å². The standard InChI is InChI=1S/C18H32O/c1-11(2)15-9-16(12(3)4)17(13(5)6)18(19,10-15)14(7)8/h9-14,17,19H,1-8H3. The summed E-state index contributed by atoms with van der Waals surface area (Å²) < 4.78 is 0. The Bertz CT molecular complexity index is 371. The second kappa shape index (κ2) is 5.83. The lowest BCUT2D eigenvalue weighted by Gasteiger charge is -2.45. The topological polar surface area (TPSA) is 20.2 Å². The first kappa shape index (κ1) is 16.5. The van der Waals surface area contributed by atoms with E-state index in [0.29, 0.717) is 17.8 Å². The third kappa shape index (κ3) is 3.13. The number of aliphatic hydroxyl groups is 1. The Labute approximate surface area is 119 Å². The van der Waals surface area contributed by atoms with Gasteiger partial charge in [-0.05, 0) is 35.3 Å². The molecule has 1 aliphatic rings. The summed E-state index contributed by atoms with van der Waals surface area (Å²) >= 11 is 0. The van der Waals surface area contributed by atoms with Gasteiger partial charge in [-0.3, -0.25) is 0 Å². The second-order valence-electron chi connectivity index (χ2n) is 7.36. The van der Waals surface area contributed by atoms with Crippen LogP contribution in [0.15, 0.2) is 23.3 Å². The lowest BCUT2D eigenvalue weighted by molar-refractivity contribution is -0.0226. The van der Waals surface area contributed by atoms with Crippen molar-refractivity contribution in [2.45, 2.75) is 61.0 Å². The lowest BCUT2D eigenvalue weighted by Crippen LogP contribution is -2.47. The second-order valence-corrected chi connectivity index (χ2v) is 7.36. The van der Waals surface area contributed by atoms with Gasteiger partial charge < -0.3 is 5.11 Å². The monoisotopic (exact) mass is 264 g/mol. The highest BCUT2D eigenvalue weighted by Gasteiger charge is 2.44. The van der Waals surface area contributed by atoms with Crippen LogP contribution in [0, 0.1) is 29.6 Å². The van der Waals surface area contributed by atoms with Crippen molar-refractivity contribution in [2.24, 2.45) is 29.6 Å². The van der Waals surface area contributed by atoms with E-state index >= 15 is 0 Å². The molecule has 1 heteroatoms. The molecule has 0 heterocycles. The Morgan fingerprint density at radius 2 is 1.47 bits per heavy atom. The molecule has 1 N–H and O–H groups in total. The van der Waals surface area contributed by atoms with Gasteiger partial charge in [0, 0.05) is 5.92 Å². The van der Waals surface area contributed by atoms with Crippen molar-refractivity contribution < 1.29 is 5.11 Å². The lowest BCUT2D eigenvalue weighted by atomic mass is 9.63. The quantitative estimate of drug-likeness (QED) is 0.771. The minimum absolute atomic E-state index is 0.231. The highest BCUT2D eigenvalue weighted by atomic mass is 16.3. The van der Waals surface area contributed by atoms with Crippen molar-refractivity contribution in [3.05, 3.63) is 23.3 Å². The summed E-state index contributed by atoms with van der Waals surface area (Å²) in [6.07, 6.45) is 4.48. The largest absolute Gasteiger partial charge is 0.385 e. The zero-order valence-electron chi connectivity index (χ0n) is 14.0. The molecule has 0 saturated carbocycles. The number of allylic oxidation sites excluding steroid dienone is 2. The molecule has 0 aromatic heterocycles. The zero-order valence-corrected chi connectivity index (χ0v) is 14.0. The van der Waals surface area contributed by atoms with Gasteiger partial charge in [-0.15, -0.1) is 0 Å². The van der Waals surface area contributed by atoms with Gasteiger partial charge in [-0.25, -0.2) is 0 Å². The Morgan fingerprint density at radius 3 is 1.79 bits per heavy atom. The molecule has 0 radical (unpaired) electrons. The van der Waals surface area contributed by atoms with Crippen molar-refractivity contribution in [1.29, 1.82) is 0 Å². The van der Waals surface area contributed by atoms with E-state index in [1.54, 1.807) is 0 Å². The highest BCUT2D eigenvalue weighted by Crippen LogP contribution is 2.45. The number of hydrogen-bond donors (Lipinski definition) is 1. The first-order valence-corrected chi connectivity index (χ1v) is 7.77. The summed E-state index contributed by atoms with van der Waals surface area (Å²) in [5, 5.41) is 11.3. The third-order valence-electron chi connectivity index (χ3n) is 4.51. The summed E-state index contributed by atoms with van der Waals surface area (Å²) in [5.41, 5.74) is 2.00. The van der Waals surface area contributed by atoms with Gasteiger partial charge >= 0.3 is 0 Å². The molecule has 0 aliphatic heterocycles. The van der Waals surface area contributed by atoms with E-state index in [2.05, 4.69) is 67.5 Å². The molecular weight excluding hydrogens is 232 g/mol. The average Bonchev–Trinajstić information content (AvgIpc) is 2.26. The molecule has 19 heavy (non-hydrogen) atoms. The van der Waals surface area contributed by atoms with Crippen molar-refractivity contribution in [1.82, 2.24) is 0 Å². The van der Waals surface area contributed by atoms with Crippen molar-refractivity contribution >= 4 is 0 Å². The maximum atomic E-state index is 11.3. The summed E-state index contributed by atoms with van der Waals surface area (Å²) in [7, 11) is 0. The third-order valence-corrected chi connectivity index (χ3v) is 4.51. The Hall–Kier alpha value is -0.560. The molecule has 0 amide bonds. The maximum absolute atomic E-state index is 11.3. The van der Waals surface area contributed by atoms with E-state index in [0.717, 1.165) is 0 Å². The Kier molecular flexibility index (Phi) is 5.06. The molecule has 2 atom stereocenters. The molecule has 0 fully saturated rings. The van der Waals surface area contributed by atoms with E-state index in [4.69, 9.17) is 0 Å². The van der Waals surface area contributed by atoms with E-state index < -0.39 is 5.60 Å². The summed E-state index contributed by atoms with van der Waals surface area (Å²) in [6.45, 7) is 17.6. The van der Waals surface area contributed by atoms with Gasteiger partial charge in [0.15, 0.2) is 0 Å². The minimum atomic E-state index is -0.706. The van der Waals surface area contributed by atoms with Crippen molar-refractivity contribution in [3.63, 3.8) is 0 Å². The van der Waals surface area contributed by atoms with E-state index in [1.165, 1.54) is 11.1 Å². The Balaban J connectivity index is 3.40. The molecule has 0 aromatic carbocycles. The van der Waals surface area contributed by atoms with Crippen LogP contribution in [0.4, 0.5) is 0 Å². The van der Waals surface area contributed by atoms with Crippen molar-refractivity contribution in [3.8, 4) is 0 Å². The van der Waals surface area contributed by atoms with Crippen molar-refractivity contribution in [2.75, 3.05) is 0 Å². The normalized spacial score (nSPS) is 28.4. The summed E-state index contributed by atoms with van der Waals surface area (Å²) in [6, 6.07) is 0. The zero-order chi connectivity index (χ0) is 15.0. The van der Waals surface area contributed by atoms with Crippen LogP contribution < -0.4 is 0 Å². The van der Waals surface area contributed by atoms with Crippen LogP contribution in [0.2, 0.25) is 0 Å². The van der Waals surface area contributed by atoms with E-state index in [9.17, 15) is 5.11 Å². The minimum Gasteiger partial charge on any atom is -0.385 e. The predicted octanol–water partition coefficient (Wildman–Crippen LogP) is 4.82. The first-order valence-electron chi connectivity index (χ1n) is 7.77. The van der Waals surface area contributed by atoms with Gasteiger partial charge in [0.05, 0.1) is 5.60 Å². The van der Waals surface area contributed by atoms with Gasteiger partial charge in [0.2, 0.25) is 0 Å². The van der Waals surface area contributed by atoms with Gasteiger partial charge in [-0.1, -0.05) is 67.0 Å². The SMILES string of the molecule is CC(C)C1=CC(O)(C(C)C)C(C(C)C)C(C(C)C)=C1. The summed E-state index contributed by atoms with van der Waals surface area (Å²) in [5.74, 6) is 1.87. The molecule has 0 spiro atoms. The molecule has 0 aromatic rings. The fraction of sp³-hybridized carbons (Fsp3) is 0.778. The van der Waals surface area contributed by atoms with E-state index in [1.807, 2.05) is 0 Å². The van der Waals surface area contributed by atoms with Crippen LogP contribution in [0.25, 0.3) is 0 Å². The molecule has 1 rings (SSSR count). The number of hydrogen-bond acceptors (Lipinski definition) is 1. The molecule has 110 valence electrons. The molecule has 0 saturated heterocycles. The fourth-order valence-corrected chi connectivity index (χ4v) is 3.25. The molecule has 0 bridgehead atoms. The number of rotatable bonds is 4. The predicted molar refractivity (Wildman–Crippen MR) is 84.0 cm³/mol. The van der Waals surface area contributed by atoms with Gasteiger partial charge in [0.1, 0.15) is 0 Å². The van der Waals surface area contributed by atoms with Crippen LogP contribution in [0.3, 0.4) is 0 Å². The van der Waals surface area contributed by atoms with Crippen LogP contribution in [0.1, 0.15) is 55.4 Å². The highest BCUT2D eigenvalue weighted by molar-refractivity contribution is 5.38. The first-order chi connectivity index (χ1) is 8.61. The van der Waals surface area contributed by atoms with Crippen LogP contribution in [-0.4, -0.2) is 10.7 Å². The summed E-state index contributed by atoms with van der Waals surface area (Å²) in [4.78, 5) is 0. The average molecular weight is 264 g/mol. The maximum Gasteiger partial charge on any atom is 0.0923 e. The van der Waals surface area contributed by atoms with E-state index in [-0.39, 0.29) is 11.8 Å². The smallest absolute Gasteiger partial charge is 0.0923 e. The molecular formula is C18H32O. The van der Waals surface area contributed by atoms with Gasteiger partial charge in [0.25, 0.3) is 0 Å². The molecule has 2 unspecified atom stereocenters. The van der Waals surface area contributed by atoms with Crippen LogP contribution in [0.5, 0.6) is 0 Å². The molecule has 1 aliphatic carbocycles. The fourth-order valence-electron chi connectivity index (χ4n) is 3.25. The van der Waals surface area contributed by atoms with Crippen LogP contribution in [-0.2, 0) is 0 Å². The Morgan fingerprint density at radius 1 is 0.947 bits per heavy atom.